The van der Waals surface area contributed by atoms with Crippen molar-refractivity contribution in [2.45, 2.75) is 99.8 Å². The zero-order valence-electron chi connectivity index (χ0n) is 28.7. The van der Waals surface area contributed by atoms with Gasteiger partial charge in [-0.25, -0.2) is 13.8 Å². The van der Waals surface area contributed by atoms with Crippen molar-refractivity contribution in [2.75, 3.05) is 6.54 Å². The van der Waals surface area contributed by atoms with E-state index in [1.807, 2.05) is 38.1 Å². The molecular weight excluding hydrogens is 580 g/mol. The molecule has 0 radical (unpaired) electrons. The number of halogens is 2. The fourth-order valence-electron chi connectivity index (χ4n) is 5.00. The van der Waals surface area contributed by atoms with Crippen molar-refractivity contribution < 1.29 is 13.6 Å². The molecule has 0 bridgehead atoms. The molecule has 0 N–H and O–H groups in total. The standard InChI is InChI=1S/C20H16FN3O2.C11H15F.C6H12.C2H6/c1-4-9-24-13(3)22-18-8-10-23(12-16(18)20(24)26)19(25)15-7-6-14(5-2)11-17(15)21;1-4-9-5-7-10(8-6-9)11(2,3)12;1-5-3-4-6(5)2;1-2/h1-2,6-7,11H,8-10,12H2,3H3;5-8H,4H2,1-3H3;5-6H,3-4H2,1-2H3;1-2H3. The first-order valence-electron chi connectivity index (χ1n) is 16.2. The summed E-state index contributed by atoms with van der Waals surface area (Å²) in [5.41, 5.74) is 1.90. The van der Waals surface area contributed by atoms with Crippen LogP contribution < -0.4 is 5.56 Å². The van der Waals surface area contributed by atoms with E-state index in [1.54, 1.807) is 20.8 Å². The highest BCUT2D eigenvalue weighted by Crippen LogP contribution is 2.32. The van der Waals surface area contributed by atoms with Gasteiger partial charge in [0.1, 0.15) is 17.3 Å². The van der Waals surface area contributed by atoms with Crippen LogP contribution in [0, 0.1) is 49.3 Å². The van der Waals surface area contributed by atoms with E-state index in [-0.39, 0.29) is 24.2 Å². The van der Waals surface area contributed by atoms with Gasteiger partial charge in [0.05, 0.1) is 29.9 Å². The predicted molar refractivity (Wildman–Crippen MR) is 184 cm³/mol. The maximum atomic E-state index is 14.2. The van der Waals surface area contributed by atoms with Crippen molar-refractivity contribution in [3.05, 3.63) is 98.0 Å². The number of rotatable bonds is 4. The summed E-state index contributed by atoms with van der Waals surface area (Å²) in [6.45, 7) is 16.2. The first-order chi connectivity index (χ1) is 21.8. The largest absolute Gasteiger partial charge is 0.334 e. The van der Waals surface area contributed by atoms with Crippen LogP contribution in [0.25, 0.3) is 0 Å². The Morgan fingerprint density at radius 1 is 1.07 bits per heavy atom. The summed E-state index contributed by atoms with van der Waals surface area (Å²) >= 11 is 0. The van der Waals surface area contributed by atoms with Crippen molar-refractivity contribution in [2.24, 2.45) is 11.8 Å². The van der Waals surface area contributed by atoms with Crippen LogP contribution in [0.15, 0.2) is 47.3 Å². The average Bonchev–Trinajstić information content (AvgIpc) is 3.06. The SMILES string of the molecule is C#CCn1c(C)nc2c(c1=O)CN(C(=O)c1ccc(C#C)cc1F)CC2.CC.CC1CCC1C.CCc1ccc(C(C)(C)F)cc1. The molecule has 0 spiro atoms. The maximum absolute atomic E-state index is 14.2. The summed E-state index contributed by atoms with van der Waals surface area (Å²) in [5, 5.41) is 0. The average molecular weight is 630 g/mol. The number of carbonyl (C=O) groups excluding carboxylic acids is 1. The second-order valence-electron chi connectivity index (χ2n) is 12.1. The lowest BCUT2D eigenvalue weighted by molar-refractivity contribution is 0.0727. The van der Waals surface area contributed by atoms with E-state index < -0.39 is 17.4 Å². The fraction of sp³-hybridized carbons (Fsp3) is 0.462. The Kier molecular flexibility index (Phi) is 14.4. The van der Waals surface area contributed by atoms with E-state index >= 15 is 0 Å². The van der Waals surface area contributed by atoms with E-state index in [0.29, 0.717) is 35.6 Å². The molecule has 7 heteroatoms. The number of aryl methyl sites for hydroxylation is 2. The Morgan fingerprint density at radius 3 is 2.13 bits per heavy atom. The third-order valence-corrected chi connectivity index (χ3v) is 8.51. The zero-order valence-corrected chi connectivity index (χ0v) is 28.7. The normalized spacial score (nSPS) is 16.3. The fourth-order valence-corrected chi connectivity index (χ4v) is 5.00. The van der Waals surface area contributed by atoms with Crippen LogP contribution in [-0.2, 0) is 31.6 Å². The molecule has 2 aromatic carbocycles. The predicted octanol–water partition coefficient (Wildman–Crippen LogP) is 8.04. The Hall–Kier alpha value is -4.23. The van der Waals surface area contributed by atoms with Crippen LogP contribution in [0.1, 0.15) is 105 Å². The van der Waals surface area contributed by atoms with Crippen molar-refractivity contribution in [1.82, 2.24) is 14.5 Å². The lowest BCUT2D eigenvalue weighted by Crippen LogP contribution is -2.41. The van der Waals surface area contributed by atoms with E-state index in [0.717, 1.165) is 29.9 Å². The Labute approximate surface area is 274 Å². The van der Waals surface area contributed by atoms with Crippen molar-refractivity contribution in [3.8, 4) is 24.7 Å². The van der Waals surface area contributed by atoms with Gasteiger partial charge in [0.25, 0.3) is 11.5 Å². The van der Waals surface area contributed by atoms with Gasteiger partial charge in [-0.2, -0.15) is 0 Å². The molecule has 46 heavy (non-hydrogen) atoms. The quantitative estimate of drug-likeness (QED) is 0.275. The van der Waals surface area contributed by atoms with Gasteiger partial charge in [0.15, 0.2) is 0 Å². The number of hydrogen-bond acceptors (Lipinski definition) is 3. The van der Waals surface area contributed by atoms with Crippen LogP contribution in [0.3, 0.4) is 0 Å². The van der Waals surface area contributed by atoms with Gasteiger partial charge in [-0.1, -0.05) is 83.6 Å². The van der Waals surface area contributed by atoms with Gasteiger partial charge in [-0.05, 0) is 68.4 Å². The van der Waals surface area contributed by atoms with Crippen LogP contribution in [0.2, 0.25) is 0 Å². The van der Waals surface area contributed by atoms with Crippen LogP contribution >= 0.6 is 0 Å². The van der Waals surface area contributed by atoms with Gasteiger partial charge in [-0.15, -0.1) is 12.8 Å². The van der Waals surface area contributed by atoms with Gasteiger partial charge in [-0.3, -0.25) is 14.2 Å². The summed E-state index contributed by atoms with van der Waals surface area (Å²) in [4.78, 5) is 31.2. The Morgan fingerprint density at radius 2 is 1.67 bits per heavy atom. The molecule has 0 saturated heterocycles. The number of terminal acetylenes is 2. The summed E-state index contributed by atoms with van der Waals surface area (Å²) < 4.78 is 28.9. The third-order valence-electron chi connectivity index (χ3n) is 8.51. The van der Waals surface area contributed by atoms with Crippen LogP contribution in [-0.4, -0.2) is 26.9 Å². The van der Waals surface area contributed by atoms with Crippen molar-refractivity contribution in [3.63, 3.8) is 0 Å². The Bertz CT molecular complexity index is 1600. The van der Waals surface area contributed by atoms with E-state index in [9.17, 15) is 18.4 Å². The van der Waals surface area contributed by atoms with Gasteiger partial charge < -0.3 is 4.90 Å². The molecule has 1 aliphatic carbocycles. The summed E-state index contributed by atoms with van der Waals surface area (Å²) in [7, 11) is 0. The minimum Gasteiger partial charge on any atom is -0.334 e. The number of alkyl halides is 1. The second kappa shape index (κ2) is 17.5. The molecule has 5 nitrogen and oxygen atoms in total. The number of hydrogen-bond donors (Lipinski definition) is 0. The first-order valence-corrected chi connectivity index (χ1v) is 16.2. The summed E-state index contributed by atoms with van der Waals surface area (Å²) in [6, 6.07) is 11.7. The van der Waals surface area contributed by atoms with Crippen molar-refractivity contribution in [1.29, 1.82) is 0 Å². The van der Waals surface area contributed by atoms with E-state index in [1.165, 1.54) is 40.0 Å². The molecule has 1 saturated carbocycles. The van der Waals surface area contributed by atoms with E-state index in [4.69, 9.17) is 12.8 Å². The number of fused-ring (bicyclic) bond motifs is 1. The number of benzene rings is 2. The lowest BCUT2D eigenvalue weighted by Gasteiger charge is -2.29. The van der Waals surface area contributed by atoms with Crippen LogP contribution in [0.5, 0.6) is 0 Å². The van der Waals surface area contributed by atoms with Gasteiger partial charge in [0.2, 0.25) is 0 Å². The molecular formula is C39H49F2N3O2. The molecule has 1 aromatic heterocycles. The van der Waals surface area contributed by atoms with Gasteiger partial charge >= 0.3 is 0 Å². The minimum absolute atomic E-state index is 0.0706. The topological polar surface area (TPSA) is 55.2 Å². The number of aromatic nitrogens is 2. The molecule has 246 valence electrons. The smallest absolute Gasteiger partial charge is 0.259 e. The lowest BCUT2D eigenvalue weighted by atomic mass is 9.77. The Balaban J connectivity index is 0.000000302. The highest BCUT2D eigenvalue weighted by Gasteiger charge is 2.27. The molecule has 3 aromatic rings. The highest BCUT2D eigenvalue weighted by molar-refractivity contribution is 5.94. The highest BCUT2D eigenvalue weighted by atomic mass is 19.1. The third kappa shape index (κ3) is 9.88. The molecule has 2 heterocycles. The molecule has 2 aliphatic rings. The van der Waals surface area contributed by atoms with Crippen LogP contribution in [0.4, 0.5) is 8.78 Å². The molecule has 1 amide bonds. The molecule has 5 rings (SSSR count). The molecule has 1 fully saturated rings. The zero-order chi connectivity index (χ0) is 34.6. The van der Waals surface area contributed by atoms with E-state index in [2.05, 4.69) is 37.6 Å². The summed E-state index contributed by atoms with van der Waals surface area (Å²) in [5.74, 6) is 6.20. The number of carbonyl (C=O) groups is 1. The molecule has 2 unspecified atom stereocenters. The minimum atomic E-state index is -1.22. The number of nitrogens with zero attached hydrogens (tertiary/aromatic N) is 3. The van der Waals surface area contributed by atoms with Crippen molar-refractivity contribution >= 4 is 5.91 Å². The first kappa shape index (κ1) is 38.0. The monoisotopic (exact) mass is 629 g/mol. The summed E-state index contributed by atoms with van der Waals surface area (Å²) in [6.07, 6.45) is 14.9. The number of amides is 1. The second-order valence-corrected chi connectivity index (χ2v) is 12.1. The molecule has 1 aliphatic heterocycles. The maximum Gasteiger partial charge on any atom is 0.259 e. The van der Waals surface area contributed by atoms with Gasteiger partial charge in [0, 0.05) is 18.5 Å². The molecule has 2 atom stereocenters.